The Bertz CT molecular complexity index is 510. The fraction of sp³-hybridized carbons (Fsp3) is 0.588. The van der Waals surface area contributed by atoms with Crippen LogP contribution in [0, 0.1) is 5.92 Å². The molecule has 108 valence electrons. The second-order valence-electron chi connectivity index (χ2n) is 6.28. The van der Waals surface area contributed by atoms with Gasteiger partial charge in [-0.15, -0.1) is 0 Å². The van der Waals surface area contributed by atoms with Crippen molar-refractivity contribution in [2.24, 2.45) is 5.92 Å². The second kappa shape index (κ2) is 5.66. The van der Waals surface area contributed by atoms with Gasteiger partial charge >= 0.3 is 0 Å². The van der Waals surface area contributed by atoms with Crippen LogP contribution in [0.25, 0.3) is 0 Å². The first-order valence-corrected chi connectivity index (χ1v) is 7.69. The maximum absolute atomic E-state index is 12.4. The number of carbonyl (C=O) groups is 1. The van der Waals surface area contributed by atoms with Gasteiger partial charge in [0, 0.05) is 12.1 Å². The summed E-state index contributed by atoms with van der Waals surface area (Å²) in [4.78, 5) is 14.5. The molecule has 3 nitrogen and oxygen atoms in total. The summed E-state index contributed by atoms with van der Waals surface area (Å²) < 4.78 is 0. The summed E-state index contributed by atoms with van der Waals surface area (Å²) in [7, 11) is 0. The number of benzene rings is 1. The molecular weight excluding hydrogens is 250 g/mol. The molecule has 2 unspecified atom stereocenters. The van der Waals surface area contributed by atoms with Crippen LogP contribution in [0.5, 0.6) is 0 Å². The molecule has 1 saturated heterocycles. The van der Waals surface area contributed by atoms with Gasteiger partial charge in [0.05, 0.1) is 12.6 Å². The Morgan fingerprint density at radius 3 is 2.95 bits per heavy atom. The highest BCUT2D eigenvalue weighted by atomic mass is 16.3. The van der Waals surface area contributed by atoms with Gasteiger partial charge in [0.25, 0.3) is 0 Å². The average molecular weight is 273 g/mol. The molecule has 1 heterocycles. The van der Waals surface area contributed by atoms with Gasteiger partial charge in [0.2, 0.25) is 0 Å². The van der Waals surface area contributed by atoms with Gasteiger partial charge in [0.1, 0.15) is 0 Å². The van der Waals surface area contributed by atoms with E-state index in [-0.39, 0.29) is 11.9 Å². The highest BCUT2D eigenvalue weighted by molar-refractivity contribution is 5.97. The summed E-state index contributed by atoms with van der Waals surface area (Å²) in [5.74, 6) is 0.536. The molecule has 1 aromatic rings. The molecule has 1 aliphatic carbocycles. The maximum atomic E-state index is 12.4. The molecule has 20 heavy (non-hydrogen) atoms. The van der Waals surface area contributed by atoms with Crippen molar-refractivity contribution >= 4 is 5.78 Å². The highest BCUT2D eigenvalue weighted by Gasteiger charge is 2.27. The van der Waals surface area contributed by atoms with E-state index < -0.39 is 0 Å². The van der Waals surface area contributed by atoms with E-state index in [0.29, 0.717) is 12.5 Å². The van der Waals surface area contributed by atoms with Gasteiger partial charge in [-0.3, -0.25) is 9.69 Å². The molecule has 0 amide bonds. The number of hydrogen-bond acceptors (Lipinski definition) is 3. The van der Waals surface area contributed by atoms with Crippen LogP contribution < -0.4 is 0 Å². The molecule has 3 rings (SSSR count). The molecule has 2 atom stereocenters. The van der Waals surface area contributed by atoms with Gasteiger partial charge in [-0.05, 0) is 62.3 Å². The number of rotatable bonds is 4. The predicted molar refractivity (Wildman–Crippen MR) is 79.0 cm³/mol. The molecule has 0 bridgehead atoms. The number of aryl methyl sites for hydroxylation is 2. The first kappa shape index (κ1) is 13.8. The van der Waals surface area contributed by atoms with E-state index in [1.54, 1.807) is 0 Å². The summed E-state index contributed by atoms with van der Waals surface area (Å²) in [5.41, 5.74) is 3.63. The van der Waals surface area contributed by atoms with Crippen molar-refractivity contribution in [1.29, 1.82) is 0 Å². The third-order valence-electron chi connectivity index (χ3n) is 4.78. The fourth-order valence-electron chi connectivity index (χ4n) is 3.44. The Hall–Kier alpha value is -1.19. The SMILES string of the molecule is CC(O)C1CCN(CC(=O)c2ccc3c(c2)CCC3)C1. The number of ketones is 1. The Morgan fingerprint density at radius 2 is 2.20 bits per heavy atom. The van der Waals surface area contributed by atoms with Gasteiger partial charge in [0.15, 0.2) is 5.78 Å². The molecule has 1 N–H and O–H groups in total. The summed E-state index contributed by atoms with van der Waals surface area (Å²) in [6.07, 6.45) is 4.22. The number of carbonyl (C=O) groups excluding carboxylic acids is 1. The zero-order valence-corrected chi connectivity index (χ0v) is 12.1. The average Bonchev–Trinajstić information content (AvgIpc) is 3.05. The molecule has 1 aliphatic heterocycles. The fourth-order valence-corrected chi connectivity index (χ4v) is 3.44. The van der Waals surface area contributed by atoms with E-state index >= 15 is 0 Å². The minimum Gasteiger partial charge on any atom is -0.393 e. The van der Waals surface area contributed by atoms with E-state index in [4.69, 9.17) is 0 Å². The monoisotopic (exact) mass is 273 g/mol. The van der Waals surface area contributed by atoms with Gasteiger partial charge < -0.3 is 5.11 Å². The first-order chi connectivity index (χ1) is 9.63. The Kier molecular flexibility index (Phi) is 3.90. The summed E-state index contributed by atoms with van der Waals surface area (Å²) >= 11 is 0. The van der Waals surface area contributed by atoms with E-state index in [9.17, 15) is 9.90 Å². The number of aliphatic hydroxyl groups is 1. The van der Waals surface area contributed by atoms with Crippen LogP contribution in [0.3, 0.4) is 0 Å². The van der Waals surface area contributed by atoms with E-state index in [1.165, 1.54) is 17.5 Å². The highest BCUT2D eigenvalue weighted by Crippen LogP contribution is 2.24. The van der Waals surface area contributed by atoms with Crippen molar-refractivity contribution in [2.45, 2.75) is 38.7 Å². The van der Waals surface area contributed by atoms with E-state index in [1.807, 2.05) is 13.0 Å². The van der Waals surface area contributed by atoms with Crippen molar-refractivity contribution in [1.82, 2.24) is 4.90 Å². The van der Waals surface area contributed by atoms with Gasteiger partial charge in [-0.2, -0.15) is 0 Å². The topological polar surface area (TPSA) is 40.5 Å². The third kappa shape index (κ3) is 2.79. The normalized spacial score (nSPS) is 23.8. The van der Waals surface area contributed by atoms with Crippen LogP contribution in [-0.2, 0) is 12.8 Å². The largest absolute Gasteiger partial charge is 0.393 e. The minimum absolute atomic E-state index is 0.214. The molecule has 0 aromatic heterocycles. The standard InChI is InChI=1S/C17H23NO2/c1-12(19)16-7-8-18(10-16)11-17(20)15-6-5-13-3-2-4-14(13)9-15/h5-6,9,12,16,19H,2-4,7-8,10-11H2,1H3. The third-order valence-corrected chi connectivity index (χ3v) is 4.78. The summed E-state index contributed by atoms with van der Waals surface area (Å²) in [6.45, 7) is 4.10. The molecular formula is C17H23NO2. The van der Waals surface area contributed by atoms with Crippen molar-refractivity contribution in [3.05, 3.63) is 34.9 Å². The number of likely N-dealkylation sites (tertiary alicyclic amines) is 1. The number of aliphatic hydroxyl groups excluding tert-OH is 1. The molecule has 1 aromatic carbocycles. The van der Waals surface area contributed by atoms with Crippen molar-refractivity contribution < 1.29 is 9.90 Å². The number of hydrogen-bond donors (Lipinski definition) is 1. The van der Waals surface area contributed by atoms with Crippen LogP contribution >= 0.6 is 0 Å². The molecule has 2 aliphatic rings. The predicted octanol–water partition coefficient (Wildman–Crippen LogP) is 2.06. The number of Topliss-reactive ketones (excluding diaryl/α,β-unsaturated/α-hetero) is 1. The van der Waals surface area contributed by atoms with Gasteiger partial charge in [-0.1, -0.05) is 12.1 Å². The Labute approximate surface area is 120 Å². The second-order valence-corrected chi connectivity index (χ2v) is 6.28. The summed E-state index contributed by atoms with van der Waals surface area (Å²) in [6, 6.07) is 6.19. The lowest BCUT2D eigenvalue weighted by Gasteiger charge is -2.16. The molecule has 0 radical (unpaired) electrons. The first-order valence-electron chi connectivity index (χ1n) is 7.69. The zero-order chi connectivity index (χ0) is 14.1. The number of nitrogens with zero attached hydrogens (tertiary/aromatic N) is 1. The van der Waals surface area contributed by atoms with Crippen molar-refractivity contribution in [2.75, 3.05) is 19.6 Å². The number of fused-ring (bicyclic) bond motifs is 1. The maximum Gasteiger partial charge on any atom is 0.176 e. The van der Waals surface area contributed by atoms with Crippen LogP contribution in [-0.4, -0.2) is 41.5 Å². The Morgan fingerprint density at radius 1 is 1.40 bits per heavy atom. The molecule has 3 heteroatoms. The lowest BCUT2D eigenvalue weighted by Crippen LogP contribution is -2.29. The van der Waals surface area contributed by atoms with Crippen LogP contribution in [0.1, 0.15) is 41.3 Å². The smallest absolute Gasteiger partial charge is 0.176 e. The Balaban J connectivity index is 1.62. The van der Waals surface area contributed by atoms with E-state index in [0.717, 1.165) is 37.9 Å². The van der Waals surface area contributed by atoms with E-state index in [2.05, 4.69) is 17.0 Å². The lowest BCUT2D eigenvalue weighted by molar-refractivity contribution is 0.0925. The van der Waals surface area contributed by atoms with Crippen LogP contribution in [0.4, 0.5) is 0 Å². The molecule has 0 spiro atoms. The molecule has 1 fully saturated rings. The lowest BCUT2D eigenvalue weighted by atomic mass is 10.0. The zero-order valence-electron chi connectivity index (χ0n) is 12.1. The van der Waals surface area contributed by atoms with Crippen LogP contribution in [0.2, 0.25) is 0 Å². The molecule has 0 saturated carbocycles. The van der Waals surface area contributed by atoms with Crippen molar-refractivity contribution in [3.63, 3.8) is 0 Å². The van der Waals surface area contributed by atoms with Gasteiger partial charge in [-0.25, -0.2) is 0 Å². The van der Waals surface area contributed by atoms with Crippen LogP contribution in [0.15, 0.2) is 18.2 Å². The van der Waals surface area contributed by atoms with Crippen molar-refractivity contribution in [3.8, 4) is 0 Å². The quantitative estimate of drug-likeness (QED) is 0.854. The minimum atomic E-state index is -0.268. The summed E-state index contributed by atoms with van der Waals surface area (Å²) in [5, 5.41) is 9.62.